The number of halogens is 6. The van der Waals surface area contributed by atoms with Gasteiger partial charge in [0.15, 0.2) is 23.2 Å². The van der Waals surface area contributed by atoms with Gasteiger partial charge >= 0.3 is 10.1 Å². The normalized spacial score (nSPS) is 12.6. The summed E-state index contributed by atoms with van der Waals surface area (Å²) >= 11 is 35.3. The Kier molecular flexibility index (Phi) is 6.94. The lowest BCUT2D eigenvalue weighted by molar-refractivity contribution is 0.486. The Morgan fingerprint density at radius 1 is 0.700 bits per heavy atom. The van der Waals surface area contributed by atoms with Crippen molar-refractivity contribution >= 4 is 79.7 Å². The van der Waals surface area contributed by atoms with E-state index in [9.17, 15) is 8.42 Å². The van der Waals surface area contributed by atoms with Crippen molar-refractivity contribution in [3.63, 3.8) is 0 Å². The summed E-state index contributed by atoms with van der Waals surface area (Å²) in [6.07, 6.45) is 0. The molecule has 13 heteroatoms. The van der Waals surface area contributed by atoms with Gasteiger partial charge in [-0.15, -0.1) is 0 Å². The molecule has 0 aliphatic rings. The molecule has 0 aliphatic carbocycles. The second-order valence-corrected chi connectivity index (χ2v) is 11.8. The minimum atomic E-state index is -4.15. The summed E-state index contributed by atoms with van der Waals surface area (Å²) < 4.78 is 26.4. The predicted molar refractivity (Wildman–Crippen MR) is 118 cm³/mol. The monoisotopic (exact) mass is 545 g/mol. The van der Waals surface area contributed by atoms with Crippen molar-refractivity contribution in [1.82, 2.24) is 15.0 Å². The van der Waals surface area contributed by atoms with E-state index < -0.39 is 17.7 Å². The van der Waals surface area contributed by atoms with Crippen molar-refractivity contribution in [2.75, 3.05) is 0 Å². The minimum absolute atomic E-state index is 0.0422. The summed E-state index contributed by atoms with van der Waals surface area (Å²) in [7, 11) is -4.15. The molecule has 0 spiro atoms. The summed E-state index contributed by atoms with van der Waals surface area (Å²) in [6, 6.07) is 13.7. The highest BCUT2D eigenvalue weighted by Gasteiger charge is 2.34. The Morgan fingerprint density at radius 2 is 1.20 bits per heavy atom. The molecule has 0 amide bonds. The number of rotatable bonds is 4. The Hall–Kier alpha value is -1.06. The van der Waals surface area contributed by atoms with Crippen LogP contribution < -0.4 is 4.18 Å². The lowest BCUT2D eigenvalue weighted by Crippen LogP contribution is -2.17. The van der Waals surface area contributed by atoms with E-state index in [1.807, 2.05) is 0 Å². The van der Waals surface area contributed by atoms with E-state index in [0.717, 1.165) is 0 Å². The van der Waals surface area contributed by atoms with E-state index in [1.165, 1.54) is 24.3 Å². The van der Waals surface area contributed by atoms with Gasteiger partial charge in [-0.3, -0.25) is 0 Å². The van der Waals surface area contributed by atoms with Gasteiger partial charge < -0.3 is 4.18 Å². The van der Waals surface area contributed by atoms with Gasteiger partial charge in [-0.1, -0.05) is 99.9 Å². The average molecular weight is 548 g/mol. The number of benzene rings is 2. The molecule has 2 aromatic carbocycles. The van der Waals surface area contributed by atoms with E-state index in [1.54, 1.807) is 30.3 Å². The Labute approximate surface area is 202 Å². The number of aromatic nitrogens is 3. The van der Waals surface area contributed by atoms with Gasteiger partial charge in [-0.2, -0.15) is 8.42 Å². The third-order valence-electron chi connectivity index (χ3n) is 3.50. The fourth-order valence-electron chi connectivity index (χ4n) is 2.23. The fourth-order valence-corrected chi connectivity index (χ4v) is 3.70. The Bertz CT molecular complexity index is 1130. The molecule has 158 valence electrons. The van der Waals surface area contributed by atoms with E-state index >= 15 is 0 Å². The molecule has 1 aromatic heterocycles. The highest BCUT2D eigenvalue weighted by Crippen LogP contribution is 2.41. The van der Waals surface area contributed by atoms with Crippen LogP contribution in [0.15, 0.2) is 59.5 Å². The summed E-state index contributed by atoms with van der Waals surface area (Å²) in [6.45, 7) is 0. The fraction of sp³-hybridized carbons (Fsp3) is 0.118. The topological polar surface area (TPSA) is 82.0 Å². The standard InChI is InChI=1S/C17H9Cl6N3O3S/c18-16(19,20)14-24-13(25-15(26-14)17(21,22)23)11-8-4-5-9-12(11)29-30(27,28)10-6-2-1-3-7-10/h1-9H. The van der Waals surface area contributed by atoms with Crippen LogP contribution in [0.4, 0.5) is 0 Å². The third-order valence-corrected chi connectivity index (χ3v) is 5.76. The molecule has 6 nitrogen and oxygen atoms in total. The lowest BCUT2D eigenvalue weighted by Gasteiger charge is -2.16. The smallest absolute Gasteiger partial charge is 0.339 e. The molecule has 0 atom stereocenters. The van der Waals surface area contributed by atoms with Crippen molar-refractivity contribution in [3.05, 3.63) is 66.2 Å². The molecular weight excluding hydrogens is 539 g/mol. The van der Waals surface area contributed by atoms with E-state index in [-0.39, 0.29) is 33.7 Å². The Balaban J connectivity index is 2.14. The van der Waals surface area contributed by atoms with Gasteiger partial charge in [0.2, 0.25) is 7.59 Å². The van der Waals surface area contributed by atoms with Crippen molar-refractivity contribution in [3.8, 4) is 17.1 Å². The van der Waals surface area contributed by atoms with Crippen LogP contribution in [0.5, 0.6) is 5.75 Å². The van der Waals surface area contributed by atoms with Crippen LogP contribution in [-0.4, -0.2) is 23.4 Å². The largest absolute Gasteiger partial charge is 0.378 e. The zero-order valence-electron chi connectivity index (χ0n) is 14.4. The van der Waals surface area contributed by atoms with Crippen LogP contribution in [0, 0.1) is 0 Å². The second kappa shape index (κ2) is 8.82. The Morgan fingerprint density at radius 3 is 1.73 bits per heavy atom. The van der Waals surface area contributed by atoms with Crippen LogP contribution in [0.3, 0.4) is 0 Å². The maximum Gasteiger partial charge on any atom is 0.339 e. The zero-order valence-corrected chi connectivity index (χ0v) is 19.8. The molecule has 3 aromatic rings. The highest BCUT2D eigenvalue weighted by atomic mass is 35.6. The third kappa shape index (κ3) is 5.59. The first-order valence-electron chi connectivity index (χ1n) is 7.87. The summed E-state index contributed by atoms with van der Waals surface area (Å²) in [5.41, 5.74) is 0.144. The molecule has 3 rings (SSSR count). The first-order chi connectivity index (χ1) is 13.9. The van der Waals surface area contributed by atoms with Gasteiger partial charge in [0.05, 0.1) is 5.56 Å². The molecule has 0 saturated heterocycles. The molecule has 0 fully saturated rings. The first-order valence-corrected chi connectivity index (χ1v) is 11.5. The van der Waals surface area contributed by atoms with Gasteiger partial charge in [0.25, 0.3) is 0 Å². The van der Waals surface area contributed by atoms with Gasteiger partial charge in [-0.05, 0) is 24.3 Å². The molecular formula is C17H9Cl6N3O3S. The molecule has 0 N–H and O–H groups in total. The van der Waals surface area contributed by atoms with Crippen LogP contribution in [-0.2, 0) is 17.7 Å². The van der Waals surface area contributed by atoms with Crippen molar-refractivity contribution in [1.29, 1.82) is 0 Å². The van der Waals surface area contributed by atoms with Crippen LogP contribution >= 0.6 is 69.6 Å². The number of alkyl halides is 6. The van der Waals surface area contributed by atoms with Crippen molar-refractivity contribution in [2.24, 2.45) is 0 Å². The van der Waals surface area contributed by atoms with Crippen molar-refractivity contribution < 1.29 is 12.6 Å². The minimum Gasteiger partial charge on any atom is -0.378 e. The quantitative estimate of drug-likeness (QED) is 0.296. The SMILES string of the molecule is O=S(=O)(Oc1ccccc1-c1nc(C(Cl)(Cl)Cl)nc(C(Cl)(Cl)Cl)n1)c1ccccc1. The maximum absolute atomic E-state index is 12.6. The average Bonchev–Trinajstić information content (AvgIpc) is 2.67. The van der Waals surface area contributed by atoms with Crippen LogP contribution in [0.1, 0.15) is 11.6 Å². The summed E-state index contributed by atoms with van der Waals surface area (Å²) in [5, 5.41) is 0. The molecule has 0 unspecified atom stereocenters. The van der Waals surface area contributed by atoms with E-state index in [4.69, 9.17) is 73.8 Å². The second-order valence-electron chi connectivity index (χ2n) is 5.65. The molecule has 0 saturated carbocycles. The number of hydrogen-bond acceptors (Lipinski definition) is 6. The van der Waals surface area contributed by atoms with Gasteiger partial charge in [0.1, 0.15) is 4.90 Å². The molecule has 30 heavy (non-hydrogen) atoms. The van der Waals surface area contributed by atoms with Crippen molar-refractivity contribution in [2.45, 2.75) is 12.5 Å². The summed E-state index contributed by atoms with van der Waals surface area (Å²) in [5.74, 6) is -0.844. The highest BCUT2D eigenvalue weighted by molar-refractivity contribution is 7.87. The zero-order chi connectivity index (χ0) is 22.2. The van der Waals surface area contributed by atoms with Crippen LogP contribution in [0.2, 0.25) is 0 Å². The summed E-state index contributed by atoms with van der Waals surface area (Å²) in [4.78, 5) is 12.0. The maximum atomic E-state index is 12.6. The molecule has 0 aliphatic heterocycles. The predicted octanol–water partition coefficient (Wildman–Crippen LogP) is 5.96. The van der Waals surface area contributed by atoms with E-state index in [2.05, 4.69) is 15.0 Å². The van der Waals surface area contributed by atoms with Crippen LogP contribution in [0.25, 0.3) is 11.4 Å². The van der Waals surface area contributed by atoms with Gasteiger partial charge in [0, 0.05) is 0 Å². The number of nitrogens with zero attached hydrogens (tertiary/aromatic N) is 3. The number of hydrogen-bond donors (Lipinski definition) is 0. The number of para-hydroxylation sites is 1. The lowest BCUT2D eigenvalue weighted by atomic mass is 10.2. The van der Waals surface area contributed by atoms with Gasteiger partial charge in [-0.25, -0.2) is 15.0 Å². The first kappa shape index (κ1) is 23.6. The molecule has 0 bridgehead atoms. The van der Waals surface area contributed by atoms with E-state index in [0.29, 0.717) is 0 Å². The molecule has 1 heterocycles. The molecule has 0 radical (unpaired) electrons.